The number of pyridine rings is 2. The Kier molecular flexibility index (Phi) is 9.63. The molecule has 1 aromatic carbocycles. The third kappa shape index (κ3) is 6.85. The molecule has 0 spiro atoms. The van der Waals surface area contributed by atoms with Crippen molar-refractivity contribution in [3.05, 3.63) is 66.0 Å². The number of guanidine groups is 1. The van der Waals surface area contributed by atoms with Crippen LogP contribution in [0.3, 0.4) is 0 Å². The molecule has 2 heterocycles. The van der Waals surface area contributed by atoms with Gasteiger partial charge in [-0.1, -0.05) is 31.2 Å². The summed E-state index contributed by atoms with van der Waals surface area (Å²) in [5.41, 5.74) is 3.23. The number of rotatable bonds is 8. The highest BCUT2D eigenvalue weighted by Gasteiger charge is 2.03. The number of hydrogen-bond donors (Lipinski definition) is 2. The zero-order valence-electron chi connectivity index (χ0n) is 16.9. The Hall–Kier alpha value is -2.42. The highest BCUT2D eigenvalue weighted by atomic mass is 127. The number of aromatic nitrogens is 2. The molecule has 0 saturated heterocycles. The highest BCUT2D eigenvalue weighted by Crippen LogP contribution is 2.15. The molecule has 0 amide bonds. The molecule has 0 radical (unpaired) electrons. The number of benzene rings is 1. The van der Waals surface area contributed by atoms with Crippen molar-refractivity contribution in [1.82, 2.24) is 20.6 Å². The van der Waals surface area contributed by atoms with Crippen LogP contribution in [0.25, 0.3) is 10.9 Å². The van der Waals surface area contributed by atoms with Gasteiger partial charge >= 0.3 is 0 Å². The van der Waals surface area contributed by atoms with Crippen LogP contribution in [0.2, 0.25) is 0 Å². The second kappa shape index (κ2) is 12.2. The van der Waals surface area contributed by atoms with E-state index in [1.165, 1.54) is 5.56 Å². The second-order valence-corrected chi connectivity index (χ2v) is 6.39. The summed E-state index contributed by atoms with van der Waals surface area (Å²) >= 11 is 0. The van der Waals surface area contributed by atoms with E-state index in [4.69, 9.17) is 4.74 Å². The number of nitrogens with zero attached hydrogens (tertiary/aromatic N) is 3. The average molecular weight is 505 g/mol. The Balaban J connectivity index is 0.00000300. The summed E-state index contributed by atoms with van der Waals surface area (Å²) in [4.78, 5) is 13.4. The number of ether oxygens (including phenoxy) is 1. The van der Waals surface area contributed by atoms with Crippen LogP contribution in [-0.2, 0) is 13.1 Å². The van der Waals surface area contributed by atoms with E-state index in [2.05, 4.69) is 45.5 Å². The van der Waals surface area contributed by atoms with Crippen LogP contribution in [0, 0.1) is 0 Å². The molecule has 0 aliphatic rings. The Bertz CT molecular complexity index is 909. The molecule has 154 valence electrons. The maximum atomic E-state index is 5.52. The van der Waals surface area contributed by atoms with E-state index in [0.717, 1.165) is 35.4 Å². The van der Waals surface area contributed by atoms with E-state index in [1.807, 2.05) is 48.8 Å². The van der Waals surface area contributed by atoms with Crippen molar-refractivity contribution in [3.63, 3.8) is 0 Å². The van der Waals surface area contributed by atoms with Gasteiger partial charge in [0, 0.05) is 36.9 Å². The van der Waals surface area contributed by atoms with Gasteiger partial charge in [-0.05, 0) is 36.6 Å². The van der Waals surface area contributed by atoms with E-state index < -0.39 is 0 Å². The van der Waals surface area contributed by atoms with Crippen LogP contribution in [0.15, 0.2) is 59.9 Å². The van der Waals surface area contributed by atoms with Crippen molar-refractivity contribution in [2.75, 3.05) is 13.2 Å². The van der Waals surface area contributed by atoms with Gasteiger partial charge in [0.25, 0.3) is 0 Å². The Morgan fingerprint density at radius 3 is 2.66 bits per heavy atom. The van der Waals surface area contributed by atoms with E-state index in [0.29, 0.717) is 25.6 Å². The molecular formula is C22H28IN5O. The van der Waals surface area contributed by atoms with Gasteiger partial charge in [-0.15, -0.1) is 24.0 Å². The number of para-hydroxylation sites is 1. The number of halogens is 1. The van der Waals surface area contributed by atoms with Gasteiger partial charge in [-0.25, -0.2) is 9.98 Å². The lowest BCUT2D eigenvalue weighted by Crippen LogP contribution is -2.36. The quantitative estimate of drug-likeness (QED) is 0.272. The van der Waals surface area contributed by atoms with Gasteiger partial charge < -0.3 is 15.4 Å². The Morgan fingerprint density at radius 2 is 1.90 bits per heavy atom. The Morgan fingerprint density at radius 1 is 1.03 bits per heavy atom. The van der Waals surface area contributed by atoms with Crippen LogP contribution in [0.1, 0.15) is 31.4 Å². The van der Waals surface area contributed by atoms with Gasteiger partial charge in [0.2, 0.25) is 5.88 Å². The molecule has 0 unspecified atom stereocenters. The molecule has 0 bridgehead atoms. The summed E-state index contributed by atoms with van der Waals surface area (Å²) in [6, 6.07) is 14.1. The van der Waals surface area contributed by atoms with Gasteiger partial charge in [0.05, 0.1) is 18.7 Å². The maximum absolute atomic E-state index is 5.52. The van der Waals surface area contributed by atoms with E-state index in [1.54, 1.807) is 0 Å². The summed E-state index contributed by atoms with van der Waals surface area (Å²) in [5.74, 6) is 1.43. The zero-order valence-corrected chi connectivity index (χ0v) is 19.2. The first kappa shape index (κ1) is 22.9. The minimum absolute atomic E-state index is 0. The van der Waals surface area contributed by atoms with Crippen LogP contribution in [-0.4, -0.2) is 29.1 Å². The van der Waals surface area contributed by atoms with Crippen molar-refractivity contribution < 1.29 is 4.74 Å². The molecule has 0 aliphatic carbocycles. The monoisotopic (exact) mass is 505 g/mol. The smallest absolute Gasteiger partial charge is 0.213 e. The summed E-state index contributed by atoms with van der Waals surface area (Å²) in [5, 5.41) is 7.85. The molecule has 29 heavy (non-hydrogen) atoms. The number of aliphatic imine (C=N–C) groups is 1. The lowest BCUT2D eigenvalue weighted by molar-refractivity contribution is 0.305. The largest absolute Gasteiger partial charge is 0.478 e. The summed E-state index contributed by atoms with van der Waals surface area (Å²) in [6.07, 6.45) is 4.63. The highest BCUT2D eigenvalue weighted by molar-refractivity contribution is 14.0. The molecule has 7 heteroatoms. The van der Waals surface area contributed by atoms with Crippen molar-refractivity contribution in [3.8, 4) is 5.88 Å². The molecule has 0 atom stereocenters. The second-order valence-electron chi connectivity index (χ2n) is 6.39. The standard InChI is InChI=1S/C22H27N5O.HI/c1-3-13-28-21-10-9-17(14-25-21)15-26-22(23-4-2)27-16-18-11-12-24-20-8-6-5-7-19(18)20;/h5-12,14H,3-4,13,15-16H2,1-2H3,(H2,23,26,27);1H. The fourth-order valence-electron chi connectivity index (χ4n) is 2.80. The molecule has 0 aliphatic heterocycles. The van der Waals surface area contributed by atoms with Crippen molar-refractivity contribution in [2.45, 2.75) is 33.4 Å². The lowest BCUT2D eigenvalue weighted by atomic mass is 10.1. The molecular weight excluding hydrogens is 477 g/mol. The zero-order chi connectivity index (χ0) is 19.6. The maximum Gasteiger partial charge on any atom is 0.213 e. The molecule has 6 nitrogen and oxygen atoms in total. The van der Waals surface area contributed by atoms with E-state index >= 15 is 0 Å². The predicted octanol–water partition coefficient (Wildman–Crippen LogP) is 4.29. The minimum Gasteiger partial charge on any atom is -0.478 e. The molecule has 0 saturated carbocycles. The minimum atomic E-state index is 0. The molecule has 3 aromatic rings. The predicted molar refractivity (Wildman–Crippen MR) is 129 cm³/mol. The first-order valence-corrected chi connectivity index (χ1v) is 9.72. The van der Waals surface area contributed by atoms with Crippen molar-refractivity contribution >= 4 is 40.8 Å². The number of fused-ring (bicyclic) bond motifs is 1. The van der Waals surface area contributed by atoms with Gasteiger partial charge in [0.1, 0.15) is 0 Å². The fraction of sp³-hybridized carbons (Fsp3) is 0.318. The normalized spacial score (nSPS) is 11.0. The third-order valence-electron chi connectivity index (χ3n) is 4.20. The van der Waals surface area contributed by atoms with E-state index in [9.17, 15) is 0 Å². The van der Waals surface area contributed by atoms with Crippen LogP contribution in [0.5, 0.6) is 5.88 Å². The average Bonchev–Trinajstić information content (AvgIpc) is 2.75. The van der Waals surface area contributed by atoms with Crippen molar-refractivity contribution in [2.24, 2.45) is 4.99 Å². The van der Waals surface area contributed by atoms with Crippen LogP contribution < -0.4 is 15.4 Å². The molecule has 3 rings (SSSR count). The van der Waals surface area contributed by atoms with E-state index in [-0.39, 0.29) is 24.0 Å². The lowest BCUT2D eigenvalue weighted by Gasteiger charge is -2.12. The first-order chi connectivity index (χ1) is 13.8. The summed E-state index contributed by atoms with van der Waals surface area (Å²) < 4.78 is 5.52. The summed E-state index contributed by atoms with van der Waals surface area (Å²) in [7, 11) is 0. The van der Waals surface area contributed by atoms with Crippen molar-refractivity contribution in [1.29, 1.82) is 0 Å². The SMILES string of the molecule is CCCOc1ccc(CN=C(NCC)NCc2ccnc3ccccc23)cn1.I. The molecule has 2 N–H and O–H groups in total. The fourth-order valence-corrected chi connectivity index (χ4v) is 2.80. The number of hydrogen-bond acceptors (Lipinski definition) is 4. The molecule has 2 aromatic heterocycles. The van der Waals surface area contributed by atoms with Crippen LogP contribution >= 0.6 is 24.0 Å². The van der Waals surface area contributed by atoms with Gasteiger partial charge in [-0.2, -0.15) is 0 Å². The van der Waals surface area contributed by atoms with Crippen LogP contribution in [0.4, 0.5) is 0 Å². The first-order valence-electron chi connectivity index (χ1n) is 9.72. The topological polar surface area (TPSA) is 71.4 Å². The van der Waals surface area contributed by atoms with Gasteiger partial charge in [0.15, 0.2) is 5.96 Å². The summed E-state index contributed by atoms with van der Waals surface area (Å²) in [6.45, 7) is 6.84. The molecule has 0 fully saturated rings. The number of nitrogens with one attached hydrogen (secondary N) is 2. The van der Waals surface area contributed by atoms with Gasteiger partial charge in [-0.3, -0.25) is 4.98 Å². The Labute approximate surface area is 189 Å². The third-order valence-corrected chi connectivity index (χ3v) is 4.20.